The molecule has 1 aliphatic rings. The van der Waals surface area contributed by atoms with Gasteiger partial charge in [0, 0.05) is 88.4 Å². The molecule has 5 nitrogen and oxygen atoms in total. The fourth-order valence-corrected chi connectivity index (χ4v) is 13.2. The van der Waals surface area contributed by atoms with E-state index in [0.29, 0.717) is 0 Å². The molecule has 4 aromatic heterocycles. The summed E-state index contributed by atoms with van der Waals surface area (Å²) in [5.41, 5.74) is 25.8. The average Bonchev–Trinajstić information content (AvgIpc) is 1.60. The molecule has 0 amide bonds. The zero-order chi connectivity index (χ0) is 64.5. The summed E-state index contributed by atoms with van der Waals surface area (Å²) in [5.74, 6) is 0. The van der Waals surface area contributed by atoms with E-state index in [4.69, 9.17) is 0 Å². The molecule has 4 heterocycles. The van der Waals surface area contributed by atoms with Crippen LogP contribution in [0.2, 0.25) is 0 Å². The Hall–Kier alpha value is -9.83. The van der Waals surface area contributed by atoms with Gasteiger partial charge >= 0.3 is 26.2 Å². The van der Waals surface area contributed by atoms with Gasteiger partial charge < -0.3 is 14.5 Å². The Labute approximate surface area is 602 Å². The molecule has 0 fully saturated rings. The first-order valence-electron chi connectivity index (χ1n) is 31.9. The molecule has 4 radical (unpaired) electrons. The average molecular weight is 1640 g/mol. The second-order valence-electron chi connectivity index (χ2n) is 23.8. The van der Waals surface area contributed by atoms with E-state index < -0.39 is 0 Å². The minimum absolute atomic E-state index is 0. The summed E-state index contributed by atoms with van der Waals surface area (Å²) in [5, 5.41) is 4.78. The number of hydrogen-bond donors (Lipinski definition) is 0. The molecule has 97 heavy (non-hydrogen) atoms. The minimum Gasteiger partial charge on any atom is -0.305 e. The van der Waals surface area contributed by atoms with Crippen molar-refractivity contribution in [3.05, 3.63) is 357 Å². The zero-order valence-corrected chi connectivity index (χ0v) is 61.5. The van der Waals surface area contributed by atoms with E-state index in [1.807, 2.05) is 67.0 Å². The van der Waals surface area contributed by atoms with Crippen molar-refractivity contribution in [3.63, 3.8) is 0 Å². The van der Waals surface area contributed by atoms with Crippen LogP contribution in [-0.2, 0) is 25.5 Å². The van der Waals surface area contributed by atoms with E-state index in [9.17, 15) is 4.39 Å². The number of alkyl halides is 1. The van der Waals surface area contributed by atoms with E-state index in [1.54, 1.807) is 6.20 Å². The molecule has 0 bridgehead atoms. The van der Waals surface area contributed by atoms with Crippen LogP contribution < -0.4 is 4.90 Å². The van der Waals surface area contributed by atoms with Gasteiger partial charge in [0.05, 0.1) is 28.5 Å². The summed E-state index contributed by atoms with van der Waals surface area (Å²) in [6.45, 7) is 4.70. The molecule has 470 valence electrons. The van der Waals surface area contributed by atoms with Crippen molar-refractivity contribution >= 4 is 103 Å². The quantitative estimate of drug-likeness (QED) is 0.0592. The molecule has 17 rings (SSSR count). The molecule has 0 saturated heterocycles. The fraction of sp³-hybridized carbons (Fsp3) is 0.0460. The van der Waals surface area contributed by atoms with Crippen LogP contribution in [0, 0.1) is 6.07 Å². The van der Waals surface area contributed by atoms with Crippen LogP contribution >= 0.6 is 8.46 Å². The SMILES string of the molecule is CC1(C)c2ccccc2-c2ccc(N(c3ccc(-c4ccccc4)cc3)c3ccc(-c4ccc5c(c4)c4ccccc4n5-c4ccccc4)cc3)cc21.[B]PCF.[BiH2].[Ir].[c-]1ccccc1-c1ccccn1.c1ccc(-c2ccnc3c2ccc2c(-c4ccccc4)ccnc23)cc1. The predicted octanol–water partition coefficient (Wildman–Crippen LogP) is 22.3. The topological polar surface area (TPSA) is 46.8 Å². The van der Waals surface area contributed by atoms with Crippen molar-refractivity contribution in [1.82, 2.24) is 19.5 Å². The Morgan fingerprint density at radius 3 is 1.46 bits per heavy atom. The van der Waals surface area contributed by atoms with Crippen molar-refractivity contribution in [2.75, 3.05) is 11.3 Å². The van der Waals surface area contributed by atoms with E-state index in [2.05, 4.69) is 319 Å². The van der Waals surface area contributed by atoms with Gasteiger partial charge in [0.1, 0.15) is 7.57 Å². The molecule has 10 heteroatoms. The summed E-state index contributed by atoms with van der Waals surface area (Å²) in [7, 11) is 4.65. The molecular formula is C87H67BBiFIrN5P-. The fourth-order valence-electron chi connectivity index (χ4n) is 13.2. The molecule has 1 unspecified atom stereocenters. The van der Waals surface area contributed by atoms with Crippen molar-refractivity contribution in [3.8, 4) is 72.6 Å². The van der Waals surface area contributed by atoms with Crippen LogP contribution in [0.5, 0.6) is 0 Å². The van der Waals surface area contributed by atoms with Gasteiger partial charge in [-0.25, -0.2) is 4.39 Å². The Balaban J connectivity index is 0.000000168. The van der Waals surface area contributed by atoms with Gasteiger partial charge in [0.15, 0.2) is 0 Å². The van der Waals surface area contributed by atoms with Gasteiger partial charge in [-0.05, 0) is 157 Å². The number of fused-ring (bicyclic) bond motifs is 9. The summed E-state index contributed by atoms with van der Waals surface area (Å²) in [6, 6.07) is 117. The van der Waals surface area contributed by atoms with Crippen LogP contribution in [0.1, 0.15) is 25.0 Å². The molecular weight excluding hydrogens is 1580 g/mol. The number of benzene rings is 12. The smallest absolute Gasteiger partial charge is 0.0970 e. The van der Waals surface area contributed by atoms with Crippen LogP contribution in [0.15, 0.2) is 340 Å². The van der Waals surface area contributed by atoms with Crippen molar-refractivity contribution < 1.29 is 24.5 Å². The van der Waals surface area contributed by atoms with Gasteiger partial charge in [0.25, 0.3) is 0 Å². The first kappa shape index (κ1) is 67.2. The van der Waals surface area contributed by atoms with Gasteiger partial charge in [-0.3, -0.25) is 9.97 Å². The second kappa shape index (κ2) is 30.9. The first-order chi connectivity index (χ1) is 46.8. The van der Waals surface area contributed by atoms with E-state index in [0.717, 1.165) is 50.1 Å². The van der Waals surface area contributed by atoms with Crippen LogP contribution in [-0.4, -0.2) is 59.7 Å². The Morgan fingerprint density at radius 2 is 0.887 bits per heavy atom. The van der Waals surface area contributed by atoms with Gasteiger partial charge in [0.2, 0.25) is 0 Å². The standard InChI is InChI=1S/C51H38N2.C24H16N2.C11H8N.CH3BFP.Bi.Ir.2H/c1-51(2)47-19-11-9-17-43(47)44-31-30-42(34-48(44)51)52(40-26-21-36(22-27-40)35-13-5-3-6-14-35)41-28-23-37(24-29-41)38-25-32-50-46(33-38)45-18-10-12-20-49(45)53(50)39-15-7-4-8-16-39;1-3-7-17(8-4-1)19-13-15-25-23-21(19)11-12-22-20(14-16-26-24(22)23)18-9-5-2-6-10-18;1-2-6-10(7-3-1)11-8-4-5-9-12-11;2-4-1-3;;;;/h3-34H,1-2H3;1-16H;1-6,8-9H;4H,1H2;;;;/q;;-1;;;;;. The third-order valence-electron chi connectivity index (χ3n) is 17.7. The van der Waals surface area contributed by atoms with Crippen molar-refractivity contribution in [1.29, 1.82) is 0 Å². The van der Waals surface area contributed by atoms with Crippen LogP contribution in [0.25, 0.3) is 116 Å². The van der Waals surface area contributed by atoms with E-state index in [1.165, 1.54) is 94.3 Å². The molecule has 0 saturated carbocycles. The monoisotopic (exact) mass is 1640 g/mol. The van der Waals surface area contributed by atoms with Gasteiger partial charge in [-0.1, -0.05) is 226 Å². The summed E-state index contributed by atoms with van der Waals surface area (Å²) in [6.07, 6.45) is 5.16. The van der Waals surface area contributed by atoms with E-state index >= 15 is 0 Å². The maximum absolute atomic E-state index is 10.6. The van der Waals surface area contributed by atoms with Crippen LogP contribution in [0.3, 0.4) is 0 Å². The summed E-state index contributed by atoms with van der Waals surface area (Å²) >= 11 is 0. The minimum atomic E-state index is -0.375. The van der Waals surface area contributed by atoms with E-state index in [-0.39, 0.29) is 66.6 Å². The number of para-hydroxylation sites is 2. The number of rotatable bonds is 10. The number of aromatic nitrogens is 4. The molecule has 1 aliphatic carbocycles. The maximum atomic E-state index is 10.6. The third-order valence-corrected chi connectivity index (χ3v) is 17.9. The Morgan fingerprint density at radius 1 is 0.402 bits per heavy atom. The predicted molar refractivity (Wildman–Crippen MR) is 409 cm³/mol. The number of nitrogens with zero attached hydrogens (tertiary/aromatic N) is 5. The zero-order valence-electron chi connectivity index (χ0n) is 53.6. The number of anilines is 3. The summed E-state index contributed by atoms with van der Waals surface area (Å²) in [4.78, 5) is 16.0. The number of halogens is 1. The van der Waals surface area contributed by atoms with Gasteiger partial charge in [-0.15, -0.1) is 44.4 Å². The van der Waals surface area contributed by atoms with Crippen LogP contribution in [0.4, 0.5) is 21.5 Å². The summed E-state index contributed by atoms with van der Waals surface area (Å²) < 4.78 is 13.0. The van der Waals surface area contributed by atoms with Crippen molar-refractivity contribution in [2.24, 2.45) is 0 Å². The molecule has 12 aromatic carbocycles. The van der Waals surface area contributed by atoms with Gasteiger partial charge in [-0.2, -0.15) is 0 Å². The normalized spacial score (nSPS) is 11.6. The largest absolute Gasteiger partial charge is 0.305 e. The molecule has 1 atom stereocenters. The third kappa shape index (κ3) is 14.1. The Bertz CT molecular complexity index is 5150. The Kier molecular flexibility index (Phi) is 21.4. The molecule has 0 N–H and O–H groups in total. The first-order valence-corrected chi connectivity index (χ1v) is 33.2. The number of hydrogen-bond acceptors (Lipinski definition) is 4. The maximum Gasteiger partial charge on any atom is 0.0970 e. The second-order valence-corrected chi connectivity index (χ2v) is 24.4. The molecule has 0 spiro atoms. The molecule has 0 aliphatic heterocycles. The van der Waals surface area contributed by atoms with Crippen molar-refractivity contribution in [2.45, 2.75) is 19.3 Å². The molecule has 16 aromatic rings. The number of pyridine rings is 3.